The number of carbonyl (C=O) groups is 1. The number of hydrogen-bond acceptors (Lipinski definition) is 5. The van der Waals surface area contributed by atoms with E-state index in [0.717, 1.165) is 24.2 Å². The summed E-state index contributed by atoms with van der Waals surface area (Å²) in [7, 11) is 0. The second-order valence-corrected chi connectivity index (χ2v) is 6.14. The van der Waals surface area contributed by atoms with E-state index in [4.69, 9.17) is 4.74 Å². The topological polar surface area (TPSA) is 78.5 Å². The number of cyclic esters (lactones) is 1. The van der Waals surface area contributed by atoms with Crippen LogP contribution in [0.2, 0.25) is 0 Å². The zero-order chi connectivity index (χ0) is 16.0. The number of anilines is 1. The minimum absolute atomic E-state index is 0.104. The Morgan fingerprint density at radius 1 is 1.26 bits per heavy atom. The second-order valence-electron chi connectivity index (χ2n) is 6.14. The molecule has 0 unspecified atom stereocenters. The highest BCUT2D eigenvalue weighted by Gasteiger charge is 2.39. The van der Waals surface area contributed by atoms with Crippen molar-refractivity contribution in [1.82, 2.24) is 15.1 Å². The molecule has 4 rings (SSSR count). The Hall–Kier alpha value is -2.57. The average Bonchev–Trinajstić information content (AvgIpc) is 3.15. The van der Waals surface area contributed by atoms with Crippen LogP contribution in [-0.2, 0) is 4.74 Å². The van der Waals surface area contributed by atoms with Crippen LogP contribution >= 0.6 is 0 Å². The number of nitrogens with one attached hydrogen (secondary N) is 1. The summed E-state index contributed by atoms with van der Waals surface area (Å²) in [4.78, 5) is 27.7. The van der Waals surface area contributed by atoms with Crippen molar-refractivity contribution >= 4 is 22.7 Å². The number of carbonyl (C=O) groups excluding carboxylic acids is 1. The first-order valence-electron chi connectivity index (χ1n) is 7.82. The van der Waals surface area contributed by atoms with Crippen LogP contribution in [0.3, 0.4) is 0 Å². The first kappa shape index (κ1) is 14.0. The maximum absolute atomic E-state index is 11.9. The number of amides is 1. The van der Waals surface area contributed by atoms with Crippen LogP contribution in [0.1, 0.15) is 13.3 Å². The zero-order valence-electron chi connectivity index (χ0n) is 12.9. The molecular weight excluding hydrogens is 296 g/mol. The standard InChI is InChI=1S/C16H18N4O3/c1-10-9-23-16(22)20(10)11-6-7-19(8-11)14-12-4-2-3-5-13(12)15(21)18-17-14/h2-5,10-11H,6-9H2,1H3,(H,18,21)/t10-,11+/m1/s1. The first-order valence-corrected chi connectivity index (χ1v) is 7.82. The molecule has 3 heterocycles. The molecule has 0 spiro atoms. The molecule has 7 nitrogen and oxygen atoms in total. The van der Waals surface area contributed by atoms with Gasteiger partial charge in [-0.25, -0.2) is 9.89 Å². The third-order valence-corrected chi connectivity index (χ3v) is 4.67. The van der Waals surface area contributed by atoms with Gasteiger partial charge < -0.3 is 9.64 Å². The van der Waals surface area contributed by atoms with Gasteiger partial charge in [-0.3, -0.25) is 9.69 Å². The van der Waals surface area contributed by atoms with Crippen LogP contribution in [0.5, 0.6) is 0 Å². The summed E-state index contributed by atoms with van der Waals surface area (Å²) < 4.78 is 5.12. The van der Waals surface area contributed by atoms with Crippen molar-refractivity contribution in [3.05, 3.63) is 34.6 Å². The molecule has 0 radical (unpaired) electrons. The molecule has 120 valence electrons. The third-order valence-electron chi connectivity index (χ3n) is 4.67. The lowest BCUT2D eigenvalue weighted by Gasteiger charge is -2.26. The Bertz CT molecular complexity index is 818. The van der Waals surface area contributed by atoms with Gasteiger partial charge in [0, 0.05) is 18.5 Å². The van der Waals surface area contributed by atoms with E-state index in [1.165, 1.54) is 0 Å². The van der Waals surface area contributed by atoms with Gasteiger partial charge in [0.05, 0.1) is 17.5 Å². The molecule has 1 amide bonds. The van der Waals surface area contributed by atoms with E-state index in [1.807, 2.05) is 30.0 Å². The largest absolute Gasteiger partial charge is 0.447 e. The number of nitrogens with zero attached hydrogens (tertiary/aromatic N) is 3. The van der Waals surface area contributed by atoms with E-state index < -0.39 is 0 Å². The molecule has 7 heteroatoms. The first-order chi connectivity index (χ1) is 11.1. The fourth-order valence-electron chi connectivity index (χ4n) is 3.54. The molecule has 2 aliphatic rings. The van der Waals surface area contributed by atoms with Crippen LogP contribution in [0.15, 0.2) is 29.1 Å². The van der Waals surface area contributed by atoms with Crippen molar-refractivity contribution in [3.8, 4) is 0 Å². The SMILES string of the molecule is C[C@@H]1COC(=O)N1[C@H]1CCN(c2n[nH]c(=O)c3ccccc23)C1. The van der Waals surface area contributed by atoms with Crippen molar-refractivity contribution in [2.45, 2.75) is 25.4 Å². The molecule has 23 heavy (non-hydrogen) atoms. The molecule has 2 aliphatic heterocycles. The molecular formula is C16H18N4O3. The number of aromatic nitrogens is 2. The molecule has 2 saturated heterocycles. The molecule has 1 aromatic heterocycles. The number of benzene rings is 1. The quantitative estimate of drug-likeness (QED) is 0.905. The van der Waals surface area contributed by atoms with Gasteiger partial charge in [0.1, 0.15) is 6.61 Å². The van der Waals surface area contributed by atoms with Crippen LogP contribution in [0.4, 0.5) is 10.6 Å². The van der Waals surface area contributed by atoms with Crippen LogP contribution in [-0.4, -0.2) is 53.0 Å². The van der Waals surface area contributed by atoms with Gasteiger partial charge in [0.25, 0.3) is 5.56 Å². The molecule has 1 N–H and O–H groups in total. The normalized spacial score (nSPS) is 24.5. The van der Waals surface area contributed by atoms with Gasteiger partial charge in [-0.15, -0.1) is 0 Å². The summed E-state index contributed by atoms with van der Waals surface area (Å²) in [6, 6.07) is 7.68. The van der Waals surface area contributed by atoms with E-state index in [9.17, 15) is 9.59 Å². The number of fused-ring (bicyclic) bond motifs is 1. The minimum Gasteiger partial charge on any atom is -0.447 e. The lowest BCUT2D eigenvalue weighted by Crippen LogP contribution is -2.42. The van der Waals surface area contributed by atoms with Gasteiger partial charge in [0.15, 0.2) is 5.82 Å². The predicted molar refractivity (Wildman–Crippen MR) is 85.6 cm³/mol. The summed E-state index contributed by atoms with van der Waals surface area (Å²) in [5.74, 6) is 0.767. The zero-order valence-corrected chi connectivity index (χ0v) is 12.9. The Labute approximate surface area is 132 Å². The summed E-state index contributed by atoms with van der Waals surface area (Å²) in [6.45, 7) is 3.95. The van der Waals surface area contributed by atoms with Crippen LogP contribution < -0.4 is 10.5 Å². The summed E-state index contributed by atoms with van der Waals surface area (Å²) in [5.41, 5.74) is -0.183. The second kappa shape index (κ2) is 5.26. The lowest BCUT2D eigenvalue weighted by atomic mass is 10.2. The molecule has 2 aromatic rings. The van der Waals surface area contributed by atoms with Crippen LogP contribution in [0.25, 0.3) is 10.8 Å². The number of hydrogen-bond donors (Lipinski definition) is 1. The van der Waals surface area contributed by atoms with E-state index in [1.54, 1.807) is 6.07 Å². The maximum atomic E-state index is 11.9. The fourth-order valence-corrected chi connectivity index (χ4v) is 3.54. The van der Waals surface area contributed by atoms with E-state index >= 15 is 0 Å². The highest BCUT2D eigenvalue weighted by atomic mass is 16.6. The van der Waals surface area contributed by atoms with Crippen molar-refractivity contribution in [1.29, 1.82) is 0 Å². The number of H-pyrrole nitrogens is 1. The number of ether oxygens (including phenoxy) is 1. The maximum Gasteiger partial charge on any atom is 0.410 e. The molecule has 0 bridgehead atoms. The van der Waals surface area contributed by atoms with E-state index in [2.05, 4.69) is 15.1 Å². The molecule has 0 aliphatic carbocycles. The summed E-state index contributed by atoms with van der Waals surface area (Å²) in [6.07, 6.45) is 0.637. The molecule has 2 fully saturated rings. The average molecular weight is 314 g/mol. The summed E-state index contributed by atoms with van der Waals surface area (Å²) in [5, 5.41) is 8.29. The van der Waals surface area contributed by atoms with Gasteiger partial charge in [0.2, 0.25) is 0 Å². The Morgan fingerprint density at radius 3 is 2.78 bits per heavy atom. The smallest absolute Gasteiger partial charge is 0.410 e. The van der Waals surface area contributed by atoms with Gasteiger partial charge in [-0.05, 0) is 19.4 Å². The Kier molecular flexibility index (Phi) is 3.21. The molecule has 1 aromatic carbocycles. The highest BCUT2D eigenvalue weighted by Crippen LogP contribution is 2.28. The lowest BCUT2D eigenvalue weighted by molar-refractivity contribution is 0.148. The van der Waals surface area contributed by atoms with Gasteiger partial charge in [-0.2, -0.15) is 5.10 Å². The van der Waals surface area contributed by atoms with Gasteiger partial charge in [-0.1, -0.05) is 18.2 Å². The Morgan fingerprint density at radius 2 is 2.04 bits per heavy atom. The fraction of sp³-hybridized carbons (Fsp3) is 0.438. The predicted octanol–water partition coefficient (Wildman–Crippen LogP) is 1.34. The van der Waals surface area contributed by atoms with Crippen molar-refractivity contribution in [2.75, 3.05) is 24.6 Å². The van der Waals surface area contributed by atoms with E-state index in [-0.39, 0.29) is 23.7 Å². The van der Waals surface area contributed by atoms with Crippen molar-refractivity contribution < 1.29 is 9.53 Å². The minimum atomic E-state index is -0.233. The van der Waals surface area contributed by atoms with Crippen molar-refractivity contribution in [3.63, 3.8) is 0 Å². The van der Waals surface area contributed by atoms with Gasteiger partial charge >= 0.3 is 6.09 Å². The number of rotatable bonds is 2. The van der Waals surface area contributed by atoms with Crippen LogP contribution in [0, 0.1) is 0 Å². The molecule has 2 atom stereocenters. The third kappa shape index (κ3) is 2.23. The summed E-state index contributed by atoms with van der Waals surface area (Å²) >= 11 is 0. The highest BCUT2D eigenvalue weighted by molar-refractivity contribution is 5.91. The van der Waals surface area contributed by atoms with Crippen molar-refractivity contribution in [2.24, 2.45) is 0 Å². The monoisotopic (exact) mass is 314 g/mol. The van der Waals surface area contributed by atoms with E-state index in [0.29, 0.717) is 18.5 Å². The number of aromatic amines is 1. The Balaban J connectivity index is 1.65. The molecule has 0 saturated carbocycles.